The third-order valence-electron chi connectivity index (χ3n) is 4.48. The van der Waals surface area contributed by atoms with Crippen LogP contribution in [0.15, 0.2) is 0 Å². The van der Waals surface area contributed by atoms with Crippen LogP contribution in [0.1, 0.15) is 45.4 Å². The van der Waals surface area contributed by atoms with Crippen LogP contribution in [0.4, 0.5) is 0 Å². The van der Waals surface area contributed by atoms with E-state index in [9.17, 15) is 0 Å². The summed E-state index contributed by atoms with van der Waals surface area (Å²) in [7, 11) is 0. The largest absolute Gasteiger partial charge is 0.328 e. The first-order chi connectivity index (χ1) is 8.29. The summed E-state index contributed by atoms with van der Waals surface area (Å²) >= 11 is 0. The van der Waals surface area contributed by atoms with Gasteiger partial charge in [-0.15, -0.1) is 0 Å². The number of likely N-dealkylation sites (tertiary alicyclic amines) is 2. The number of nitrogens with zero attached hydrogens (tertiary/aromatic N) is 2. The summed E-state index contributed by atoms with van der Waals surface area (Å²) in [5.74, 6) is 0. The van der Waals surface area contributed by atoms with E-state index < -0.39 is 0 Å². The van der Waals surface area contributed by atoms with Gasteiger partial charge in [0.25, 0.3) is 0 Å². The minimum atomic E-state index is 0.423. The molecule has 2 aliphatic heterocycles. The number of hydrogen-bond acceptors (Lipinski definition) is 3. The normalized spacial score (nSPS) is 28.9. The van der Waals surface area contributed by atoms with Crippen LogP contribution in [0.2, 0.25) is 0 Å². The van der Waals surface area contributed by atoms with Gasteiger partial charge in [-0.2, -0.15) is 0 Å². The zero-order valence-electron chi connectivity index (χ0n) is 11.4. The van der Waals surface area contributed by atoms with Crippen LogP contribution in [0, 0.1) is 0 Å². The molecule has 0 bridgehead atoms. The molecule has 17 heavy (non-hydrogen) atoms. The van der Waals surface area contributed by atoms with Gasteiger partial charge in [0.05, 0.1) is 0 Å². The molecule has 2 rings (SSSR count). The molecule has 100 valence electrons. The Morgan fingerprint density at radius 3 is 2.71 bits per heavy atom. The van der Waals surface area contributed by atoms with Crippen molar-refractivity contribution in [1.29, 1.82) is 0 Å². The average molecular weight is 239 g/mol. The lowest BCUT2D eigenvalue weighted by molar-refractivity contribution is 0.230. The van der Waals surface area contributed by atoms with Gasteiger partial charge in [0.15, 0.2) is 0 Å². The van der Waals surface area contributed by atoms with Crippen LogP contribution in [-0.4, -0.2) is 54.6 Å². The maximum Gasteiger partial charge on any atom is 0.0235 e. The molecular weight excluding hydrogens is 210 g/mol. The molecule has 3 heteroatoms. The van der Waals surface area contributed by atoms with Crippen LogP contribution in [0.5, 0.6) is 0 Å². The highest BCUT2D eigenvalue weighted by Crippen LogP contribution is 2.20. The second kappa shape index (κ2) is 6.72. The Morgan fingerprint density at radius 1 is 1.24 bits per heavy atom. The first-order valence-electron chi connectivity index (χ1n) is 7.51. The minimum Gasteiger partial charge on any atom is -0.328 e. The van der Waals surface area contributed by atoms with Crippen molar-refractivity contribution < 1.29 is 0 Å². The zero-order valence-corrected chi connectivity index (χ0v) is 11.4. The first-order valence-corrected chi connectivity index (χ1v) is 7.51. The molecule has 2 unspecified atom stereocenters. The first kappa shape index (κ1) is 13.3. The van der Waals surface area contributed by atoms with E-state index in [2.05, 4.69) is 16.7 Å². The third kappa shape index (κ3) is 3.94. The van der Waals surface area contributed by atoms with E-state index in [1.54, 1.807) is 0 Å². The van der Waals surface area contributed by atoms with Crippen molar-refractivity contribution in [2.45, 2.75) is 57.5 Å². The molecule has 3 nitrogen and oxygen atoms in total. The number of rotatable bonds is 6. The smallest absolute Gasteiger partial charge is 0.0235 e. The van der Waals surface area contributed by atoms with Gasteiger partial charge in [-0.05, 0) is 64.7 Å². The molecule has 2 saturated heterocycles. The Bertz CT molecular complexity index is 214. The van der Waals surface area contributed by atoms with Crippen molar-refractivity contribution in [2.75, 3.05) is 32.7 Å². The quantitative estimate of drug-likeness (QED) is 0.765. The molecule has 0 aromatic carbocycles. The summed E-state index contributed by atoms with van der Waals surface area (Å²) in [5.41, 5.74) is 5.96. The van der Waals surface area contributed by atoms with Gasteiger partial charge in [-0.1, -0.05) is 6.92 Å². The van der Waals surface area contributed by atoms with Crippen molar-refractivity contribution >= 4 is 0 Å². The molecule has 2 heterocycles. The van der Waals surface area contributed by atoms with Crippen LogP contribution >= 0.6 is 0 Å². The lowest BCUT2D eigenvalue weighted by Gasteiger charge is -2.23. The van der Waals surface area contributed by atoms with Crippen LogP contribution in [-0.2, 0) is 0 Å². The maximum absolute atomic E-state index is 5.96. The Kier molecular flexibility index (Phi) is 5.26. The average Bonchev–Trinajstić information content (AvgIpc) is 2.98. The van der Waals surface area contributed by atoms with E-state index in [4.69, 9.17) is 5.73 Å². The molecule has 2 atom stereocenters. The molecule has 0 aromatic rings. The summed E-state index contributed by atoms with van der Waals surface area (Å²) in [5, 5.41) is 0. The van der Waals surface area contributed by atoms with Gasteiger partial charge < -0.3 is 10.6 Å². The van der Waals surface area contributed by atoms with Crippen molar-refractivity contribution in [3.63, 3.8) is 0 Å². The van der Waals surface area contributed by atoms with E-state index in [-0.39, 0.29) is 0 Å². The maximum atomic E-state index is 5.96. The highest BCUT2D eigenvalue weighted by atomic mass is 15.3. The summed E-state index contributed by atoms with van der Waals surface area (Å²) in [4.78, 5) is 5.35. The lowest BCUT2D eigenvalue weighted by Crippen LogP contribution is -2.35. The molecule has 0 aromatic heterocycles. The summed E-state index contributed by atoms with van der Waals surface area (Å²) in [6.45, 7) is 8.75. The van der Waals surface area contributed by atoms with Gasteiger partial charge in [-0.3, -0.25) is 4.90 Å². The number of hydrogen-bond donors (Lipinski definition) is 1. The standard InChI is InChI=1S/C14H29N3/c1-2-13(15)6-5-8-16-11-7-14(12-16)17-9-3-4-10-17/h13-14H,2-12,15H2,1H3. The summed E-state index contributed by atoms with van der Waals surface area (Å²) in [6.07, 6.45) is 7.82. The Morgan fingerprint density at radius 2 is 2.00 bits per heavy atom. The fourth-order valence-corrected chi connectivity index (χ4v) is 3.20. The fraction of sp³-hybridized carbons (Fsp3) is 1.00. The van der Waals surface area contributed by atoms with Gasteiger partial charge in [0.1, 0.15) is 0 Å². The summed E-state index contributed by atoms with van der Waals surface area (Å²) in [6, 6.07) is 1.28. The lowest BCUT2D eigenvalue weighted by atomic mass is 10.1. The van der Waals surface area contributed by atoms with E-state index >= 15 is 0 Å². The third-order valence-corrected chi connectivity index (χ3v) is 4.48. The molecule has 0 radical (unpaired) electrons. The Balaban J connectivity index is 1.60. The second-order valence-electron chi connectivity index (χ2n) is 5.80. The van der Waals surface area contributed by atoms with Crippen molar-refractivity contribution in [1.82, 2.24) is 9.80 Å². The molecule has 2 aliphatic rings. The monoisotopic (exact) mass is 239 g/mol. The minimum absolute atomic E-state index is 0.423. The van der Waals surface area contributed by atoms with Gasteiger partial charge in [0, 0.05) is 18.6 Å². The van der Waals surface area contributed by atoms with Crippen molar-refractivity contribution in [3.8, 4) is 0 Å². The van der Waals surface area contributed by atoms with E-state index in [0.29, 0.717) is 6.04 Å². The van der Waals surface area contributed by atoms with Crippen LogP contribution < -0.4 is 5.73 Å². The fourth-order valence-electron chi connectivity index (χ4n) is 3.20. The Labute approximate surface area is 106 Å². The zero-order chi connectivity index (χ0) is 12.1. The number of nitrogens with two attached hydrogens (primary N) is 1. The SMILES string of the molecule is CCC(N)CCCN1CCC(N2CCCC2)C1. The molecule has 0 aliphatic carbocycles. The van der Waals surface area contributed by atoms with Gasteiger partial charge in [0.2, 0.25) is 0 Å². The van der Waals surface area contributed by atoms with Crippen LogP contribution in [0.25, 0.3) is 0 Å². The molecule has 2 fully saturated rings. The van der Waals surface area contributed by atoms with Crippen molar-refractivity contribution in [3.05, 3.63) is 0 Å². The van der Waals surface area contributed by atoms with E-state index in [1.165, 1.54) is 64.8 Å². The predicted octanol–water partition coefficient (Wildman–Crippen LogP) is 1.67. The molecule has 0 saturated carbocycles. The molecule has 0 amide bonds. The van der Waals surface area contributed by atoms with Crippen LogP contribution in [0.3, 0.4) is 0 Å². The highest BCUT2D eigenvalue weighted by molar-refractivity contribution is 4.85. The molecule has 0 spiro atoms. The molecular formula is C14H29N3. The van der Waals surface area contributed by atoms with Gasteiger partial charge >= 0.3 is 0 Å². The second-order valence-corrected chi connectivity index (χ2v) is 5.80. The van der Waals surface area contributed by atoms with E-state index in [0.717, 1.165) is 12.5 Å². The van der Waals surface area contributed by atoms with Gasteiger partial charge in [-0.25, -0.2) is 0 Å². The highest BCUT2D eigenvalue weighted by Gasteiger charge is 2.28. The Hall–Kier alpha value is -0.120. The predicted molar refractivity (Wildman–Crippen MR) is 73.2 cm³/mol. The summed E-state index contributed by atoms with van der Waals surface area (Å²) < 4.78 is 0. The topological polar surface area (TPSA) is 32.5 Å². The van der Waals surface area contributed by atoms with E-state index in [1.807, 2.05) is 0 Å². The van der Waals surface area contributed by atoms with Crippen molar-refractivity contribution in [2.24, 2.45) is 5.73 Å². The molecule has 2 N–H and O–H groups in total.